The summed E-state index contributed by atoms with van der Waals surface area (Å²) in [6.45, 7) is 0. The van der Waals surface area contributed by atoms with Crippen molar-refractivity contribution in [3.05, 3.63) is 45.9 Å². The van der Waals surface area contributed by atoms with E-state index in [4.69, 9.17) is 5.73 Å². The first-order chi connectivity index (χ1) is 14.8. The van der Waals surface area contributed by atoms with Crippen molar-refractivity contribution in [2.45, 2.75) is 41.7 Å². The van der Waals surface area contributed by atoms with Gasteiger partial charge in [0.25, 0.3) is 0 Å². The number of H-pyrrole nitrogens is 1. The summed E-state index contributed by atoms with van der Waals surface area (Å²) in [5, 5.41) is 4.10. The van der Waals surface area contributed by atoms with Crippen LogP contribution in [-0.2, 0) is 20.0 Å². The number of nitrogens with two attached hydrogens (primary N) is 1. The maximum atomic E-state index is 13.6. The van der Waals surface area contributed by atoms with Crippen molar-refractivity contribution in [3.63, 3.8) is 0 Å². The van der Waals surface area contributed by atoms with Crippen molar-refractivity contribution in [2.75, 3.05) is 11.2 Å². The largest absolute Gasteiger partial charge is 0.358 e. The monoisotopic (exact) mass is 521 g/mol. The van der Waals surface area contributed by atoms with Crippen LogP contribution in [-0.4, -0.2) is 25.2 Å². The number of thiophene rings is 1. The first-order valence-corrected chi connectivity index (χ1v) is 13.7. The van der Waals surface area contributed by atoms with Gasteiger partial charge in [-0.15, -0.1) is 11.3 Å². The van der Waals surface area contributed by atoms with Crippen LogP contribution in [0.3, 0.4) is 0 Å². The zero-order chi connectivity index (χ0) is 21.8. The molecule has 0 saturated heterocycles. The highest BCUT2D eigenvalue weighted by Crippen LogP contribution is 2.55. The fraction of sp³-hybridized carbons (Fsp3) is 0.409. The molecule has 0 spiro atoms. The van der Waals surface area contributed by atoms with Crippen molar-refractivity contribution in [1.82, 2.24) is 4.98 Å². The summed E-state index contributed by atoms with van der Waals surface area (Å²) < 4.78 is 25.6. The van der Waals surface area contributed by atoms with Crippen molar-refractivity contribution >= 4 is 59.6 Å². The number of nitrogens with one attached hydrogen (secondary N) is 2. The second kappa shape index (κ2) is 7.72. The molecule has 1 aromatic carbocycles. The van der Waals surface area contributed by atoms with Gasteiger partial charge in [-0.2, -0.15) is 0 Å². The summed E-state index contributed by atoms with van der Waals surface area (Å²) in [6, 6.07) is 12.0. The predicted octanol–water partition coefficient (Wildman–Crippen LogP) is 4.77. The fourth-order valence-corrected chi connectivity index (χ4v) is 8.64. The number of aromatic amines is 1. The number of halogens is 1. The molecule has 9 heteroatoms. The van der Waals surface area contributed by atoms with Crippen LogP contribution in [0.1, 0.15) is 37.8 Å². The fourth-order valence-electron chi connectivity index (χ4n) is 5.45. The molecule has 2 aromatic heterocycles. The Bertz CT molecular complexity index is 1220. The molecule has 6 rings (SSSR count). The third-order valence-electron chi connectivity index (χ3n) is 7.04. The summed E-state index contributed by atoms with van der Waals surface area (Å²) in [7, 11) is -3.63. The number of fused-ring (bicyclic) bond motifs is 4. The normalized spacial score (nSPS) is 25.7. The average molecular weight is 522 g/mol. The number of anilines is 1. The van der Waals surface area contributed by atoms with E-state index in [-0.39, 0.29) is 21.4 Å². The molecule has 1 amide bonds. The van der Waals surface area contributed by atoms with Gasteiger partial charge in [0, 0.05) is 22.5 Å². The molecule has 3 aliphatic carbocycles. The first-order valence-electron chi connectivity index (χ1n) is 10.4. The van der Waals surface area contributed by atoms with Gasteiger partial charge in [0.15, 0.2) is 0 Å². The molecule has 6 nitrogen and oxygen atoms in total. The molecule has 3 aliphatic rings. The number of hydrogen-bond donors (Lipinski definition) is 3. The van der Waals surface area contributed by atoms with E-state index in [0.29, 0.717) is 15.4 Å². The number of hydrogen-bond acceptors (Lipinski definition) is 5. The molecule has 3 fully saturated rings. The maximum absolute atomic E-state index is 13.6. The van der Waals surface area contributed by atoms with E-state index >= 15 is 0 Å². The summed E-state index contributed by atoms with van der Waals surface area (Å²) in [5.74, 6) is -0.265. The van der Waals surface area contributed by atoms with Crippen LogP contribution >= 0.6 is 27.3 Å². The third kappa shape index (κ3) is 3.55. The number of carbonyl (C=O) groups is 1. The Morgan fingerprint density at radius 3 is 2.71 bits per heavy atom. The molecule has 0 aliphatic heterocycles. The zero-order valence-electron chi connectivity index (χ0n) is 16.9. The number of benzene rings is 1. The standard InChI is InChI=1S/C22H24BrN3O3S2/c23-19-11-17(21(30-19)31(28,29)12-24)26-20(27)15-9-13-5-7-22(15,8-6-13)18-10-14-3-1-2-4-16(14)25-18/h1-4,10-11,13,15,25H,5-9,12,24H2,(H,26,27). The third-order valence-corrected chi connectivity index (χ3v) is 10.7. The molecule has 2 heterocycles. The summed E-state index contributed by atoms with van der Waals surface area (Å²) in [5.41, 5.74) is 7.73. The van der Waals surface area contributed by atoms with E-state index < -0.39 is 15.7 Å². The lowest BCUT2D eigenvalue weighted by atomic mass is 9.53. The molecule has 1 unspecified atom stereocenters. The number of aromatic nitrogens is 1. The summed E-state index contributed by atoms with van der Waals surface area (Å²) in [4.78, 5) is 17.1. The Morgan fingerprint density at radius 2 is 2.00 bits per heavy atom. The van der Waals surface area contributed by atoms with Gasteiger partial charge in [0.05, 0.1) is 9.47 Å². The lowest BCUT2D eigenvalue weighted by Gasteiger charge is -2.51. The predicted molar refractivity (Wildman–Crippen MR) is 127 cm³/mol. The smallest absolute Gasteiger partial charge is 0.228 e. The first kappa shape index (κ1) is 21.2. The van der Waals surface area contributed by atoms with E-state index in [9.17, 15) is 13.2 Å². The molecule has 3 saturated carbocycles. The molecule has 4 N–H and O–H groups in total. The van der Waals surface area contributed by atoms with E-state index in [1.165, 1.54) is 0 Å². The van der Waals surface area contributed by atoms with Crippen LogP contribution in [0.15, 0.2) is 44.4 Å². The highest BCUT2D eigenvalue weighted by atomic mass is 79.9. The number of amides is 1. The Hall–Kier alpha value is -1.68. The van der Waals surface area contributed by atoms with Crippen molar-refractivity contribution in [2.24, 2.45) is 17.6 Å². The molecule has 3 aromatic rings. The van der Waals surface area contributed by atoms with Gasteiger partial charge in [-0.05, 0) is 77.5 Å². The Morgan fingerprint density at radius 1 is 1.26 bits per heavy atom. The highest BCUT2D eigenvalue weighted by molar-refractivity contribution is 9.11. The molecule has 31 heavy (non-hydrogen) atoms. The molecule has 164 valence electrons. The number of para-hydroxylation sites is 1. The van der Waals surface area contributed by atoms with Crippen LogP contribution in [0.5, 0.6) is 0 Å². The van der Waals surface area contributed by atoms with Crippen molar-refractivity contribution < 1.29 is 13.2 Å². The van der Waals surface area contributed by atoms with E-state index in [2.05, 4.69) is 44.4 Å². The van der Waals surface area contributed by atoms with Crippen LogP contribution in [0.4, 0.5) is 5.69 Å². The lowest BCUT2D eigenvalue weighted by molar-refractivity contribution is -0.126. The minimum absolute atomic E-state index is 0.107. The van der Waals surface area contributed by atoms with E-state index in [0.717, 1.165) is 60.0 Å². The van der Waals surface area contributed by atoms with Crippen LogP contribution in [0, 0.1) is 11.8 Å². The minimum atomic E-state index is -3.63. The van der Waals surface area contributed by atoms with Crippen LogP contribution in [0.2, 0.25) is 0 Å². The van der Waals surface area contributed by atoms with Gasteiger partial charge >= 0.3 is 0 Å². The molecular weight excluding hydrogens is 498 g/mol. The van der Waals surface area contributed by atoms with Gasteiger partial charge in [-0.3, -0.25) is 4.79 Å². The SMILES string of the molecule is NCS(=O)(=O)c1sc(Br)cc1NC(=O)C1CC2CCC1(c1cc3ccccc3[nH]1)CC2. The van der Waals surface area contributed by atoms with E-state index in [1.807, 2.05) is 12.1 Å². The Balaban J connectivity index is 1.51. The molecule has 2 bridgehead atoms. The van der Waals surface area contributed by atoms with Crippen LogP contribution < -0.4 is 11.1 Å². The van der Waals surface area contributed by atoms with E-state index in [1.54, 1.807) is 6.07 Å². The maximum Gasteiger partial charge on any atom is 0.228 e. The summed E-state index contributed by atoms with van der Waals surface area (Å²) >= 11 is 4.42. The highest BCUT2D eigenvalue weighted by Gasteiger charge is 2.52. The Labute approximate surface area is 193 Å². The average Bonchev–Trinajstić information content (AvgIpc) is 3.38. The van der Waals surface area contributed by atoms with Gasteiger partial charge in [-0.25, -0.2) is 8.42 Å². The van der Waals surface area contributed by atoms with Gasteiger partial charge < -0.3 is 16.0 Å². The number of carbonyl (C=O) groups excluding carboxylic acids is 1. The zero-order valence-corrected chi connectivity index (χ0v) is 20.1. The number of rotatable bonds is 5. The van der Waals surface area contributed by atoms with Gasteiger partial charge in [-0.1, -0.05) is 18.2 Å². The molecule has 0 radical (unpaired) electrons. The second-order valence-corrected chi connectivity index (χ2v) is 13.3. The second-order valence-electron chi connectivity index (χ2n) is 8.68. The molecule has 1 atom stereocenters. The van der Waals surface area contributed by atoms with Crippen LogP contribution in [0.25, 0.3) is 10.9 Å². The van der Waals surface area contributed by atoms with Crippen molar-refractivity contribution in [3.8, 4) is 0 Å². The minimum Gasteiger partial charge on any atom is -0.358 e. The quantitative estimate of drug-likeness (QED) is 0.449. The van der Waals surface area contributed by atoms with Crippen molar-refractivity contribution in [1.29, 1.82) is 0 Å². The topological polar surface area (TPSA) is 105 Å². The van der Waals surface area contributed by atoms with Gasteiger partial charge in [0.2, 0.25) is 15.7 Å². The molecular formula is C22H24BrN3O3S2. The van der Waals surface area contributed by atoms with Gasteiger partial charge in [0.1, 0.15) is 10.1 Å². The summed E-state index contributed by atoms with van der Waals surface area (Å²) in [6.07, 6.45) is 4.99. The Kier molecular flexibility index (Phi) is 5.28. The number of sulfone groups is 1. The lowest BCUT2D eigenvalue weighted by Crippen LogP contribution is -2.50.